The Hall–Kier alpha value is 0.461. The first-order chi connectivity index (χ1) is 10.8. The van der Waals surface area contributed by atoms with Gasteiger partial charge in [-0.15, -0.1) is 0 Å². The third kappa shape index (κ3) is 2.96. The minimum absolute atomic E-state index is 0. The van der Waals surface area contributed by atoms with Crippen molar-refractivity contribution >= 4 is 14.7 Å². The van der Waals surface area contributed by atoms with Gasteiger partial charge >= 0.3 is 21.7 Å². The molecule has 143 valence electrons. The van der Waals surface area contributed by atoms with Crippen molar-refractivity contribution in [3.8, 4) is 0 Å². The van der Waals surface area contributed by atoms with Gasteiger partial charge in [0.15, 0.2) is 0 Å². The normalized spacial score (nSPS) is 39.9. The second-order valence-electron chi connectivity index (χ2n) is 9.29. The molecule has 0 aromatic rings. The second kappa shape index (κ2) is 8.07. The first-order valence-corrected chi connectivity index (χ1v) is 12.3. The van der Waals surface area contributed by atoms with Crippen molar-refractivity contribution in [2.45, 2.75) is 70.5 Å². The van der Waals surface area contributed by atoms with E-state index in [1.165, 1.54) is 30.4 Å². The largest absolute Gasteiger partial charge is 3.00 e. The topological polar surface area (TPSA) is 40.9 Å². The zero-order chi connectivity index (χ0) is 16.6. The predicted octanol–water partition coefficient (Wildman–Crippen LogP) is -0.709. The van der Waals surface area contributed by atoms with Gasteiger partial charge < -0.3 is 35.3 Å². The van der Waals surface area contributed by atoms with E-state index in [1.54, 1.807) is 5.57 Å². The van der Waals surface area contributed by atoms with Crippen LogP contribution in [0.1, 0.15) is 52.4 Å². The fourth-order valence-electron chi connectivity index (χ4n) is 7.53. The SMILES string of the molecule is CC1=C(C)CC(C2([SiH](C)C)C3CC4CC(C3)CC2(C([NH-])=O)C4)=C1.[Cl-].[Cl-].[Ti+3]. The summed E-state index contributed by atoms with van der Waals surface area (Å²) in [5, 5.41) is 0.0816. The van der Waals surface area contributed by atoms with Crippen molar-refractivity contribution in [2.75, 3.05) is 0 Å². The number of amides is 1. The van der Waals surface area contributed by atoms with Crippen LogP contribution in [0.4, 0.5) is 0 Å². The molecule has 4 saturated carbocycles. The Balaban J connectivity index is 0.00000113. The fraction of sp³-hybridized carbons (Fsp3) is 0.750. The number of hydrogen-bond acceptors (Lipinski definition) is 1. The molecule has 26 heavy (non-hydrogen) atoms. The smallest absolute Gasteiger partial charge is 1.00 e. The van der Waals surface area contributed by atoms with Crippen LogP contribution in [0.3, 0.4) is 0 Å². The average molecular weight is 447 g/mol. The molecular weight excluding hydrogens is 417 g/mol. The standard InChI is InChI=1S/C20H31NOSi.2ClH.Ti/c1-12-5-16(6-13(12)2)20(23(3)4)17-8-14-7-15(9-17)11-19(20,10-14)18(21)22;;;/h5,14-15,17,23H,6-11H2,1-4H3,(H2,21,22);2*1H;/q;;;+3/p-3. The van der Waals surface area contributed by atoms with Gasteiger partial charge in [-0.3, -0.25) is 0 Å². The van der Waals surface area contributed by atoms with E-state index in [2.05, 4.69) is 33.0 Å². The van der Waals surface area contributed by atoms with E-state index >= 15 is 0 Å². The van der Waals surface area contributed by atoms with Gasteiger partial charge in [0.1, 0.15) is 0 Å². The monoisotopic (exact) mass is 446 g/mol. The van der Waals surface area contributed by atoms with Crippen LogP contribution >= 0.6 is 0 Å². The summed E-state index contributed by atoms with van der Waals surface area (Å²) in [6.45, 7) is 9.39. The molecule has 1 radical (unpaired) electrons. The first kappa shape index (κ1) is 24.5. The van der Waals surface area contributed by atoms with Crippen LogP contribution < -0.4 is 24.8 Å². The van der Waals surface area contributed by atoms with E-state index in [9.17, 15) is 4.79 Å². The number of carbonyl (C=O) groups is 1. The number of hydrogen-bond donors (Lipinski definition) is 0. The van der Waals surface area contributed by atoms with E-state index in [4.69, 9.17) is 5.73 Å². The van der Waals surface area contributed by atoms with Crippen molar-refractivity contribution in [2.24, 2.45) is 23.2 Å². The van der Waals surface area contributed by atoms with E-state index in [-0.39, 0.29) is 62.9 Å². The van der Waals surface area contributed by atoms with Gasteiger partial charge in [0.05, 0.1) is 5.91 Å². The van der Waals surface area contributed by atoms with Gasteiger partial charge in [-0.25, -0.2) is 0 Å². The summed E-state index contributed by atoms with van der Waals surface area (Å²) < 4.78 is 0. The van der Waals surface area contributed by atoms with Crippen LogP contribution in [-0.4, -0.2) is 14.7 Å². The molecule has 0 spiro atoms. The number of rotatable bonds is 3. The fourth-order valence-corrected chi connectivity index (χ4v) is 11.1. The number of nitrogens with one attached hydrogen (secondary N) is 1. The van der Waals surface area contributed by atoms with Gasteiger partial charge in [0, 0.05) is 14.2 Å². The predicted molar refractivity (Wildman–Crippen MR) is 98.0 cm³/mol. The van der Waals surface area contributed by atoms with Crippen molar-refractivity contribution in [1.29, 1.82) is 0 Å². The quantitative estimate of drug-likeness (QED) is 0.528. The van der Waals surface area contributed by atoms with Crippen molar-refractivity contribution in [3.63, 3.8) is 0 Å². The Labute approximate surface area is 187 Å². The van der Waals surface area contributed by atoms with Crippen LogP contribution in [0.2, 0.25) is 18.1 Å². The molecule has 0 aromatic carbocycles. The molecular formula is C20H30Cl2NOSiTi. The van der Waals surface area contributed by atoms with Crippen molar-refractivity contribution < 1.29 is 51.3 Å². The van der Waals surface area contributed by atoms with Gasteiger partial charge in [-0.1, -0.05) is 35.9 Å². The Morgan fingerprint density at radius 2 is 1.65 bits per heavy atom. The van der Waals surface area contributed by atoms with Gasteiger partial charge in [0.25, 0.3) is 0 Å². The Bertz CT molecular complexity index is 634. The Morgan fingerprint density at radius 3 is 2.04 bits per heavy atom. The summed E-state index contributed by atoms with van der Waals surface area (Å²) in [7, 11) is -1.14. The zero-order valence-corrected chi connectivity index (χ0v) is 20.5. The molecule has 5 aliphatic carbocycles. The molecule has 4 fully saturated rings. The maximum Gasteiger partial charge on any atom is 3.00 e. The molecule has 1 amide bonds. The summed E-state index contributed by atoms with van der Waals surface area (Å²) in [6.07, 6.45) is 9.51. The third-order valence-electron chi connectivity index (χ3n) is 8.01. The maximum absolute atomic E-state index is 12.8. The summed E-state index contributed by atoms with van der Waals surface area (Å²) >= 11 is 0. The molecule has 1 N–H and O–H groups in total. The molecule has 0 aromatic heterocycles. The molecule has 3 atom stereocenters. The minimum atomic E-state index is -1.14. The zero-order valence-electron chi connectivity index (χ0n) is 16.3. The first-order valence-electron chi connectivity index (χ1n) is 9.44. The molecule has 3 unspecified atom stereocenters. The van der Waals surface area contributed by atoms with Crippen molar-refractivity contribution in [3.05, 3.63) is 28.5 Å². The molecule has 2 nitrogen and oxygen atoms in total. The van der Waals surface area contributed by atoms with Gasteiger partial charge in [0.2, 0.25) is 0 Å². The Morgan fingerprint density at radius 1 is 1.12 bits per heavy atom. The summed E-state index contributed by atoms with van der Waals surface area (Å²) in [6, 6.07) is 0. The molecule has 5 aliphatic rings. The third-order valence-corrected chi connectivity index (χ3v) is 11.2. The second-order valence-corrected chi connectivity index (χ2v) is 12.5. The van der Waals surface area contributed by atoms with E-state index < -0.39 is 8.80 Å². The van der Waals surface area contributed by atoms with Crippen LogP contribution in [0.15, 0.2) is 22.8 Å². The molecule has 0 saturated heterocycles. The Kier molecular flexibility index (Phi) is 7.60. The maximum atomic E-state index is 12.8. The molecule has 0 aliphatic heterocycles. The van der Waals surface area contributed by atoms with Crippen LogP contribution in [0, 0.1) is 23.2 Å². The van der Waals surface area contributed by atoms with Crippen LogP contribution in [-0.2, 0) is 26.5 Å². The van der Waals surface area contributed by atoms with Crippen LogP contribution in [0.25, 0.3) is 5.73 Å². The minimum Gasteiger partial charge on any atom is -1.00 e. The summed E-state index contributed by atoms with van der Waals surface area (Å²) in [4.78, 5) is 12.8. The molecule has 6 heteroatoms. The van der Waals surface area contributed by atoms with E-state index in [0.29, 0.717) is 5.92 Å². The van der Waals surface area contributed by atoms with E-state index in [1.807, 2.05) is 0 Å². The van der Waals surface area contributed by atoms with Crippen LogP contribution in [0.5, 0.6) is 0 Å². The number of allylic oxidation sites excluding steroid dienone is 4. The number of carbonyl (C=O) groups excluding carboxylic acids is 1. The van der Waals surface area contributed by atoms with Crippen molar-refractivity contribution in [1.82, 2.24) is 0 Å². The summed E-state index contributed by atoms with van der Waals surface area (Å²) in [5.74, 6) is 1.90. The molecule has 5 rings (SSSR count). The van der Waals surface area contributed by atoms with Gasteiger partial charge in [-0.05, 0) is 75.2 Å². The van der Waals surface area contributed by atoms with Gasteiger partial charge in [-0.2, -0.15) is 0 Å². The average Bonchev–Trinajstić information content (AvgIpc) is 2.77. The molecule has 4 bridgehead atoms. The van der Waals surface area contributed by atoms with E-state index in [0.717, 1.165) is 31.1 Å². The summed E-state index contributed by atoms with van der Waals surface area (Å²) in [5.41, 5.74) is 12.4. The number of halogens is 2. The molecule has 0 heterocycles.